The monoisotopic (exact) mass is 292 g/mol. The highest BCUT2D eigenvalue weighted by Crippen LogP contribution is 2.45. The lowest BCUT2D eigenvalue weighted by Crippen LogP contribution is -2.69. The van der Waals surface area contributed by atoms with Crippen molar-refractivity contribution in [1.29, 1.82) is 0 Å². The number of nitrogens with zero attached hydrogens (tertiary/aromatic N) is 3. The minimum Gasteiger partial charge on any atom is -0.378 e. The van der Waals surface area contributed by atoms with E-state index in [9.17, 15) is 5.11 Å². The number of rotatable bonds is 3. The summed E-state index contributed by atoms with van der Waals surface area (Å²) < 4.78 is 5.38. The molecule has 3 heterocycles. The number of aliphatic hydroxyl groups is 1. The first-order chi connectivity index (χ1) is 9.99. The average molecular weight is 292 g/mol. The molecule has 116 valence electrons. The topological polar surface area (TPSA) is 70.5 Å². The molecule has 3 rings (SSSR count). The first-order valence-electron chi connectivity index (χ1n) is 7.58. The van der Waals surface area contributed by atoms with Crippen molar-refractivity contribution in [2.45, 2.75) is 43.9 Å². The van der Waals surface area contributed by atoms with Gasteiger partial charge in [-0.15, -0.1) is 0 Å². The van der Waals surface area contributed by atoms with Gasteiger partial charge in [-0.05, 0) is 12.8 Å². The van der Waals surface area contributed by atoms with E-state index in [-0.39, 0.29) is 5.54 Å². The van der Waals surface area contributed by atoms with Gasteiger partial charge in [0.1, 0.15) is 17.6 Å². The summed E-state index contributed by atoms with van der Waals surface area (Å²) in [6.07, 6.45) is 2.80. The normalized spacial score (nSPS) is 25.3. The Morgan fingerprint density at radius 1 is 1.33 bits per heavy atom. The number of nitrogens with one attached hydrogen (secondary N) is 1. The van der Waals surface area contributed by atoms with Crippen LogP contribution in [0.5, 0.6) is 0 Å². The summed E-state index contributed by atoms with van der Waals surface area (Å²) in [7, 11) is 3.91. The van der Waals surface area contributed by atoms with E-state index in [2.05, 4.69) is 24.1 Å². The van der Waals surface area contributed by atoms with Gasteiger partial charge in [-0.2, -0.15) is 0 Å². The summed E-state index contributed by atoms with van der Waals surface area (Å²) in [6.45, 7) is 5.27. The van der Waals surface area contributed by atoms with Crippen LogP contribution in [0.1, 0.15) is 38.1 Å². The Hall–Kier alpha value is -1.24. The zero-order valence-electron chi connectivity index (χ0n) is 13.2. The quantitative estimate of drug-likeness (QED) is 0.856. The Balaban J connectivity index is 2.20. The molecular weight excluding hydrogens is 268 g/mol. The highest BCUT2D eigenvalue weighted by Gasteiger charge is 2.56. The maximum Gasteiger partial charge on any atom is 0.146 e. The zero-order chi connectivity index (χ0) is 15.3. The highest BCUT2D eigenvalue weighted by molar-refractivity contribution is 5.43. The standard InChI is InChI=1S/C15H24N4O2/c1-5-14(6-2)11-12(16-7-10(17-11)19(3)4)15(8-21-9-15)18-13(14)20/h7,13,18,20H,5-6,8-9H2,1-4H3. The van der Waals surface area contributed by atoms with E-state index in [0.29, 0.717) is 13.2 Å². The maximum atomic E-state index is 10.7. The summed E-state index contributed by atoms with van der Waals surface area (Å²) in [5.41, 5.74) is 1.09. The minimum atomic E-state index is -0.629. The van der Waals surface area contributed by atoms with E-state index in [4.69, 9.17) is 9.72 Å². The van der Waals surface area contributed by atoms with Crippen LogP contribution in [0.25, 0.3) is 0 Å². The molecule has 1 aromatic rings. The molecule has 1 atom stereocenters. The minimum absolute atomic E-state index is 0.375. The zero-order valence-corrected chi connectivity index (χ0v) is 13.2. The summed E-state index contributed by atoms with van der Waals surface area (Å²) in [5, 5.41) is 14.1. The molecule has 2 aliphatic rings. The average Bonchev–Trinajstić information content (AvgIpc) is 2.44. The number of ether oxygens (including phenoxy) is 1. The van der Waals surface area contributed by atoms with Crippen molar-refractivity contribution >= 4 is 5.82 Å². The predicted molar refractivity (Wildman–Crippen MR) is 80.3 cm³/mol. The van der Waals surface area contributed by atoms with Gasteiger partial charge in [0, 0.05) is 14.1 Å². The van der Waals surface area contributed by atoms with E-state index in [1.165, 1.54) is 0 Å². The lowest BCUT2D eigenvalue weighted by Gasteiger charge is -2.53. The molecular formula is C15H24N4O2. The largest absolute Gasteiger partial charge is 0.378 e. The second-order valence-electron chi connectivity index (χ2n) is 6.30. The van der Waals surface area contributed by atoms with Gasteiger partial charge in [0.05, 0.1) is 36.2 Å². The van der Waals surface area contributed by atoms with Crippen molar-refractivity contribution in [3.05, 3.63) is 17.6 Å². The van der Waals surface area contributed by atoms with Crippen LogP contribution in [-0.4, -0.2) is 48.6 Å². The Morgan fingerprint density at radius 2 is 2.00 bits per heavy atom. The third-order valence-electron chi connectivity index (χ3n) is 5.04. The fraction of sp³-hybridized carbons (Fsp3) is 0.733. The van der Waals surface area contributed by atoms with Crippen molar-refractivity contribution in [2.24, 2.45) is 0 Å². The lowest BCUT2D eigenvalue weighted by molar-refractivity contribution is -0.129. The van der Waals surface area contributed by atoms with Gasteiger partial charge in [-0.1, -0.05) is 13.8 Å². The molecule has 1 saturated heterocycles. The molecule has 1 unspecified atom stereocenters. The molecule has 1 aromatic heterocycles. The summed E-state index contributed by atoms with van der Waals surface area (Å²) in [5.74, 6) is 0.824. The third-order valence-corrected chi connectivity index (χ3v) is 5.04. The molecule has 0 bridgehead atoms. The van der Waals surface area contributed by atoms with E-state index in [1.54, 1.807) is 6.20 Å². The van der Waals surface area contributed by atoms with Gasteiger partial charge in [0.25, 0.3) is 0 Å². The van der Waals surface area contributed by atoms with Gasteiger partial charge in [0.15, 0.2) is 0 Å². The lowest BCUT2D eigenvalue weighted by atomic mass is 9.69. The van der Waals surface area contributed by atoms with Crippen LogP contribution in [0, 0.1) is 0 Å². The van der Waals surface area contributed by atoms with Crippen LogP contribution in [0.15, 0.2) is 6.20 Å². The van der Waals surface area contributed by atoms with Gasteiger partial charge >= 0.3 is 0 Å². The van der Waals surface area contributed by atoms with Crippen LogP contribution >= 0.6 is 0 Å². The second kappa shape index (κ2) is 4.90. The van der Waals surface area contributed by atoms with Gasteiger partial charge < -0.3 is 14.7 Å². The van der Waals surface area contributed by atoms with Crippen molar-refractivity contribution in [2.75, 3.05) is 32.2 Å². The van der Waals surface area contributed by atoms with Gasteiger partial charge in [-0.3, -0.25) is 10.3 Å². The molecule has 0 radical (unpaired) electrons. The molecule has 21 heavy (non-hydrogen) atoms. The number of hydrogen-bond acceptors (Lipinski definition) is 6. The molecule has 6 nitrogen and oxygen atoms in total. The van der Waals surface area contributed by atoms with E-state index < -0.39 is 11.6 Å². The molecule has 2 N–H and O–H groups in total. The van der Waals surface area contributed by atoms with Crippen LogP contribution in [0.2, 0.25) is 0 Å². The fourth-order valence-electron chi connectivity index (χ4n) is 3.39. The Kier molecular flexibility index (Phi) is 3.43. The van der Waals surface area contributed by atoms with Crippen LogP contribution in [0.3, 0.4) is 0 Å². The van der Waals surface area contributed by atoms with E-state index in [1.807, 2.05) is 19.0 Å². The predicted octanol–water partition coefficient (Wildman–Crippen LogP) is 0.747. The Bertz CT molecular complexity index is 538. The van der Waals surface area contributed by atoms with Gasteiger partial charge in [0.2, 0.25) is 0 Å². The molecule has 2 aliphatic heterocycles. The first-order valence-corrected chi connectivity index (χ1v) is 7.58. The molecule has 0 saturated carbocycles. The Labute approximate surface area is 125 Å². The van der Waals surface area contributed by atoms with Crippen LogP contribution < -0.4 is 10.2 Å². The fourth-order valence-corrected chi connectivity index (χ4v) is 3.39. The van der Waals surface area contributed by atoms with Crippen LogP contribution in [-0.2, 0) is 15.7 Å². The molecule has 6 heteroatoms. The van der Waals surface area contributed by atoms with E-state index >= 15 is 0 Å². The number of aliphatic hydroxyl groups excluding tert-OH is 1. The Morgan fingerprint density at radius 3 is 2.48 bits per heavy atom. The first kappa shape index (κ1) is 14.7. The van der Waals surface area contributed by atoms with Crippen LogP contribution in [0.4, 0.5) is 5.82 Å². The van der Waals surface area contributed by atoms with Crippen molar-refractivity contribution in [3.8, 4) is 0 Å². The molecule has 0 aliphatic carbocycles. The van der Waals surface area contributed by atoms with Crippen molar-refractivity contribution < 1.29 is 9.84 Å². The number of fused-ring (bicyclic) bond motifs is 2. The summed E-state index contributed by atoms with van der Waals surface area (Å²) in [6, 6.07) is 0. The summed E-state index contributed by atoms with van der Waals surface area (Å²) >= 11 is 0. The van der Waals surface area contributed by atoms with Crippen molar-refractivity contribution in [3.63, 3.8) is 0 Å². The number of aromatic nitrogens is 2. The molecule has 1 fully saturated rings. The molecule has 1 spiro atoms. The smallest absolute Gasteiger partial charge is 0.146 e. The van der Waals surface area contributed by atoms with Crippen molar-refractivity contribution in [1.82, 2.24) is 15.3 Å². The third kappa shape index (κ3) is 1.89. The van der Waals surface area contributed by atoms with Gasteiger partial charge in [-0.25, -0.2) is 4.98 Å². The highest BCUT2D eigenvalue weighted by atomic mass is 16.5. The second-order valence-corrected chi connectivity index (χ2v) is 6.30. The SMILES string of the molecule is CCC1(CC)c2nc(N(C)C)cnc2C2(COC2)NC1O. The van der Waals surface area contributed by atoms with E-state index in [0.717, 1.165) is 30.0 Å². The summed E-state index contributed by atoms with van der Waals surface area (Å²) in [4.78, 5) is 11.5. The molecule has 0 aromatic carbocycles. The molecule has 0 amide bonds. The maximum absolute atomic E-state index is 10.7. The number of hydrogen-bond donors (Lipinski definition) is 2. The number of anilines is 1.